The van der Waals surface area contributed by atoms with Crippen molar-refractivity contribution in [2.45, 2.75) is 32.3 Å². The van der Waals surface area contributed by atoms with Gasteiger partial charge in [-0.25, -0.2) is 0 Å². The number of rotatable bonds is 2. The summed E-state index contributed by atoms with van der Waals surface area (Å²) in [5.74, 6) is 0. The van der Waals surface area contributed by atoms with E-state index < -0.39 is 6.10 Å². The molecule has 0 aromatic heterocycles. The van der Waals surface area contributed by atoms with E-state index in [9.17, 15) is 5.11 Å². The van der Waals surface area contributed by atoms with Crippen LogP contribution in [0.25, 0.3) is 0 Å². The Balaban J connectivity index is 2.19. The van der Waals surface area contributed by atoms with E-state index in [1.54, 1.807) is 6.92 Å². The van der Waals surface area contributed by atoms with Gasteiger partial charge >= 0.3 is 0 Å². The lowest BCUT2D eigenvalue weighted by atomic mass is 10.1. The Morgan fingerprint density at radius 3 is 2.50 bits per heavy atom. The molecule has 0 aliphatic carbocycles. The molecule has 0 amide bonds. The number of hydrogen-bond donors (Lipinski definition) is 1. The third-order valence-corrected chi connectivity index (χ3v) is 3.84. The maximum absolute atomic E-state index is 9.56. The first kappa shape index (κ1) is 11.9. The van der Waals surface area contributed by atoms with Crippen LogP contribution in [0.3, 0.4) is 0 Å². The minimum Gasteiger partial charge on any atom is -0.389 e. The SMILES string of the molecule is C[C@@H](O)c1ccc(N2CCCCC2)cc1Br. The number of hydrogen-bond acceptors (Lipinski definition) is 2. The molecule has 0 spiro atoms. The number of halogens is 1. The predicted octanol–water partition coefficient (Wildman–Crippen LogP) is 3.49. The molecule has 88 valence electrons. The molecule has 1 saturated heterocycles. The molecule has 1 aliphatic rings. The average molecular weight is 284 g/mol. The summed E-state index contributed by atoms with van der Waals surface area (Å²) in [6.07, 6.45) is 3.51. The quantitative estimate of drug-likeness (QED) is 0.898. The van der Waals surface area contributed by atoms with E-state index in [1.807, 2.05) is 6.07 Å². The Labute approximate surface area is 105 Å². The van der Waals surface area contributed by atoms with Gasteiger partial charge in [0.1, 0.15) is 0 Å². The van der Waals surface area contributed by atoms with Crippen molar-refractivity contribution in [1.29, 1.82) is 0 Å². The molecule has 0 bridgehead atoms. The normalized spacial score (nSPS) is 18.6. The Bertz CT molecular complexity index is 359. The molecule has 2 rings (SSSR count). The van der Waals surface area contributed by atoms with Gasteiger partial charge in [-0.3, -0.25) is 0 Å². The topological polar surface area (TPSA) is 23.5 Å². The average Bonchev–Trinajstić information content (AvgIpc) is 2.29. The molecule has 0 unspecified atom stereocenters. The van der Waals surface area contributed by atoms with Crippen molar-refractivity contribution < 1.29 is 5.11 Å². The Kier molecular flexibility index (Phi) is 3.87. The predicted molar refractivity (Wildman–Crippen MR) is 70.8 cm³/mol. The molecule has 2 nitrogen and oxygen atoms in total. The van der Waals surface area contributed by atoms with Crippen LogP contribution >= 0.6 is 15.9 Å². The first-order chi connectivity index (χ1) is 7.68. The summed E-state index contributed by atoms with van der Waals surface area (Å²) in [7, 11) is 0. The van der Waals surface area contributed by atoms with Crippen molar-refractivity contribution in [3.63, 3.8) is 0 Å². The van der Waals surface area contributed by atoms with Gasteiger partial charge in [0.25, 0.3) is 0 Å². The van der Waals surface area contributed by atoms with Crippen molar-refractivity contribution in [1.82, 2.24) is 0 Å². The zero-order chi connectivity index (χ0) is 11.5. The van der Waals surface area contributed by atoms with Crippen LogP contribution in [-0.4, -0.2) is 18.2 Å². The summed E-state index contributed by atoms with van der Waals surface area (Å²) in [6.45, 7) is 4.10. The van der Waals surface area contributed by atoms with E-state index in [2.05, 4.69) is 33.0 Å². The molecular formula is C13H18BrNO. The number of benzene rings is 1. The van der Waals surface area contributed by atoms with Crippen molar-refractivity contribution in [2.24, 2.45) is 0 Å². The van der Waals surface area contributed by atoms with Crippen molar-refractivity contribution in [3.8, 4) is 0 Å². The van der Waals surface area contributed by atoms with Gasteiger partial charge in [0.15, 0.2) is 0 Å². The monoisotopic (exact) mass is 283 g/mol. The minimum absolute atomic E-state index is 0.412. The summed E-state index contributed by atoms with van der Waals surface area (Å²) in [4.78, 5) is 2.42. The molecule has 0 radical (unpaired) electrons. The van der Waals surface area contributed by atoms with Gasteiger partial charge in [-0.2, -0.15) is 0 Å². The Hall–Kier alpha value is -0.540. The lowest BCUT2D eigenvalue weighted by molar-refractivity contribution is 0.198. The van der Waals surface area contributed by atoms with E-state index >= 15 is 0 Å². The highest BCUT2D eigenvalue weighted by Gasteiger charge is 2.13. The maximum Gasteiger partial charge on any atom is 0.0772 e. The summed E-state index contributed by atoms with van der Waals surface area (Å²) >= 11 is 3.53. The van der Waals surface area contributed by atoms with Crippen LogP contribution in [0.5, 0.6) is 0 Å². The zero-order valence-corrected chi connectivity index (χ0v) is 11.2. The summed E-state index contributed by atoms with van der Waals surface area (Å²) in [5.41, 5.74) is 2.22. The largest absolute Gasteiger partial charge is 0.389 e. The molecule has 1 atom stereocenters. The molecule has 3 heteroatoms. The Morgan fingerprint density at radius 1 is 1.25 bits per heavy atom. The molecule has 1 aromatic rings. The van der Waals surface area contributed by atoms with E-state index in [1.165, 1.54) is 24.9 Å². The van der Waals surface area contributed by atoms with Crippen LogP contribution in [0.2, 0.25) is 0 Å². The van der Waals surface area contributed by atoms with Crippen LogP contribution in [0.4, 0.5) is 5.69 Å². The van der Waals surface area contributed by atoms with Crippen LogP contribution in [0, 0.1) is 0 Å². The van der Waals surface area contributed by atoms with E-state index in [-0.39, 0.29) is 0 Å². The smallest absolute Gasteiger partial charge is 0.0772 e. The number of anilines is 1. The second-order valence-electron chi connectivity index (χ2n) is 4.43. The third kappa shape index (κ3) is 2.58. The van der Waals surface area contributed by atoms with Gasteiger partial charge in [0, 0.05) is 23.2 Å². The first-order valence-corrected chi connectivity index (χ1v) is 6.70. The molecule has 1 N–H and O–H groups in total. The molecule has 1 heterocycles. The standard InChI is InChI=1S/C13H18BrNO/c1-10(16)12-6-5-11(9-13(12)14)15-7-3-2-4-8-15/h5-6,9-10,16H,2-4,7-8H2,1H3/t10-/m1/s1. The fourth-order valence-electron chi connectivity index (χ4n) is 2.20. The molecule has 1 aliphatic heterocycles. The van der Waals surface area contributed by atoms with E-state index in [4.69, 9.17) is 0 Å². The lowest BCUT2D eigenvalue weighted by Gasteiger charge is -2.29. The van der Waals surface area contributed by atoms with Crippen LogP contribution in [0.1, 0.15) is 37.9 Å². The van der Waals surface area contributed by atoms with Crippen molar-refractivity contribution in [3.05, 3.63) is 28.2 Å². The van der Waals surface area contributed by atoms with Crippen LogP contribution in [-0.2, 0) is 0 Å². The van der Waals surface area contributed by atoms with Gasteiger partial charge in [0.2, 0.25) is 0 Å². The van der Waals surface area contributed by atoms with Gasteiger partial charge < -0.3 is 10.0 Å². The highest BCUT2D eigenvalue weighted by Crippen LogP contribution is 2.29. The first-order valence-electron chi connectivity index (χ1n) is 5.91. The molecule has 1 fully saturated rings. The molecule has 16 heavy (non-hydrogen) atoms. The lowest BCUT2D eigenvalue weighted by Crippen LogP contribution is -2.29. The Morgan fingerprint density at radius 2 is 1.94 bits per heavy atom. The molecular weight excluding hydrogens is 266 g/mol. The van der Waals surface area contributed by atoms with Crippen molar-refractivity contribution in [2.75, 3.05) is 18.0 Å². The van der Waals surface area contributed by atoms with E-state index in [0.717, 1.165) is 23.1 Å². The highest BCUT2D eigenvalue weighted by molar-refractivity contribution is 9.10. The fourth-order valence-corrected chi connectivity index (χ4v) is 2.90. The van der Waals surface area contributed by atoms with Gasteiger partial charge in [-0.1, -0.05) is 22.0 Å². The minimum atomic E-state index is -0.412. The number of piperidine rings is 1. The molecule has 0 saturated carbocycles. The van der Waals surface area contributed by atoms with Gasteiger partial charge in [0.05, 0.1) is 6.10 Å². The zero-order valence-electron chi connectivity index (χ0n) is 9.62. The summed E-state index contributed by atoms with van der Waals surface area (Å²) < 4.78 is 1.01. The van der Waals surface area contributed by atoms with Gasteiger partial charge in [-0.05, 0) is 43.9 Å². The van der Waals surface area contributed by atoms with Gasteiger partial charge in [-0.15, -0.1) is 0 Å². The third-order valence-electron chi connectivity index (χ3n) is 3.16. The number of nitrogens with zero attached hydrogens (tertiary/aromatic N) is 1. The fraction of sp³-hybridized carbons (Fsp3) is 0.538. The van der Waals surface area contributed by atoms with E-state index in [0.29, 0.717) is 0 Å². The second kappa shape index (κ2) is 5.19. The second-order valence-corrected chi connectivity index (χ2v) is 5.28. The number of aliphatic hydroxyl groups is 1. The maximum atomic E-state index is 9.56. The summed E-state index contributed by atoms with van der Waals surface area (Å²) in [6, 6.07) is 6.24. The van der Waals surface area contributed by atoms with Crippen LogP contribution < -0.4 is 4.90 Å². The highest BCUT2D eigenvalue weighted by atomic mass is 79.9. The number of aliphatic hydroxyl groups excluding tert-OH is 1. The van der Waals surface area contributed by atoms with Crippen molar-refractivity contribution >= 4 is 21.6 Å². The molecule has 1 aromatic carbocycles. The summed E-state index contributed by atoms with van der Waals surface area (Å²) in [5, 5.41) is 9.56. The van der Waals surface area contributed by atoms with Crippen LogP contribution in [0.15, 0.2) is 22.7 Å².